The topological polar surface area (TPSA) is 59.4 Å². The van der Waals surface area contributed by atoms with E-state index >= 15 is 0 Å². The maximum absolute atomic E-state index is 10.8. The van der Waals surface area contributed by atoms with E-state index in [0.717, 1.165) is 16.5 Å². The Kier molecular flexibility index (Phi) is 2.95. The molecule has 0 atom stereocenters. The molecule has 0 aliphatic rings. The fourth-order valence-corrected chi connectivity index (χ4v) is 1.79. The van der Waals surface area contributed by atoms with Crippen molar-refractivity contribution in [3.63, 3.8) is 0 Å². The molecule has 1 N–H and O–H groups in total. The number of nitrogens with zero attached hydrogens (tertiary/aromatic N) is 1. The van der Waals surface area contributed by atoms with Crippen LogP contribution in [0.1, 0.15) is 11.1 Å². The molecule has 88 valence electrons. The summed E-state index contributed by atoms with van der Waals surface area (Å²) in [6.07, 6.45) is -0.0833. The summed E-state index contributed by atoms with van der Waals surface area (Å²) in [5.41, 5.74) is 2.52. The minimum atomic E-state index is -0.892. The molecule has 4 heteroatoms. The van der Waals surface area contributed by atoms with Crippen molar-refractivity contribution in [3.8, 4) is 5.88 Å². The summed E-state index contributed by atoms with van der Waals surface area (Å²) >= 11 is 0. The van der Waals surface area contributed by atoms with Gasteiger partial charge in [-0.3, -0.25) is 4.79 Å². The van der Waals surface area contributed by atoms with Crippen LogP contribution in [0.4, 0.5) is 0 Å². The van der Waals surface area contributed by atoms with Crippen LogP contribution in [-0.4, -0.2) is 23.2 Å². The van der Waals surface area contributed by atoms with Crippen molar-refractivity contribution in [3.05, 3.63) is 35.4 Å². The largest absolute Gasteiger partial charge is 0.481 e. The molecule has 0 bridgehead atoms. The molecule has 0 aliphatic heterocycles. The second-order valence-electron chi connectivity index (χ2n) is 3.92. The second-order valence-corrected chi connectivity index (χ2v) is 3.92. The Morgan fingerprint density at radius 2 is 2.18 bits per heavy atom. The standard InChI is InChI=1S/C13H13NO3/c1-8-3-4-11-9(5-8)6-10(7-12(15)16)13(14-11)17-2/h3-6H,7H2,1-2H3,(H,15,16). The van der Waals surface area contributed by atoms with E-state index in [2.05, 4.69) is 4.98 Å². The molecule has 0 fully saturated rings. The highest BCUT2D eigenvalue weighted by Gasteiger charge is 2.10. The average Bonchev–Trinajstić information content (AvgIpc) is 2.27. The maximum atomic E-state index is 10.8. The normalized spacial score (nSPS) is 10.5. The molecule has 17 heavy (non-hydrogen) atoms. The van der Waals surface area contributed by atoms with Gasteiger partial charge >= 0.3 is 5.97 Å². The highest BCUT2D eigenvalue weighted by Crippen LogP contribution is 2.23. The van der Waals surface area contributed by atoms with Crippen molar-refractivity contribution in [2.45, 2.75) is 13.3 Å². The molecule has 0 saturated carbocycles. The van der Waals surface area contributed by atoms with Crippen LogP contribution in [0.5, 0.6) is 5.88 Å². The van der Waals surface area contributed by atoms with Crippen LogP contribution >= 0.6 is 0 Å². The lowest BCUT2D eigenvalue weighted by Gasteiger charge is -2.08. The van der Waals surface area contributed by atoms with E-state index < -0.39 is 5.97 Å². The molecular formula is C13H13NO3. The third kappa shape index (κ3) is 2.36. The van der Waals surface area contributed by atoms with E-state index in [1.807, 2.05) is 31.2 Å². The number of aryl methyl sites for hydroxylation is 1. The molecule has 1 aromatic carbocycles. The van der Waals surface area contributed by atoms with Crippen molar-refractivity contribution in [1.82, 2.24) is 4.98 Å². The molecular weight excluding hydrogens is 218 g/mol. The number of carboxylic acids is 1. The van der Waals surface area contributed by atoms with Gasteiger partial charge in [-0.05, 0) is 25.1 Å². The fourth-order valence-electron chi connectivity index (χ4n) is 1.79. The number of rotatable bonds is 3. The Morgan fingerprint density at radius 1 is 1.41 bits per heavy atom. The van der Waals surface area contributed by atoms with Gasteiger partial charge in [0.25, 0.3) is 0 Å². The molecule has 1 heterocycles. The fraction of sp³-hybridized carbons (Fsp3) is 0.231. The van der Waals surface area contributed by atoms with Crippen molar-refractivity contribution in [2.24, 2.45) is 0 Å². The van der Waals surface area contributed by atoms with Crippen molar-refractivity contribution < 1.29 is 14.6 Å². The Labute approximate surface area is 98.9 Å². The first-order chi connectivity index (χ1) is 8.10. The smallest absolute Gasteiger partial charge is 0.308 e. The first-order valence-electron chi connectivity index (χ1n) is 5.26. The number of hydrogen-bond donors (Lipinski definition) is 1. The first kappa shape index (κ1) is 11.4. The summed E-state index contributed by atoms with van der Waals surface area (Å²) in [4.78, 5) is 15.1. The van der Waals surface area contributed by atoms with Gasteiger partial charge in [-0.2, -0.15) is 0 Å². The molecule has 0 spiro atoms. The maximum Gasteiger partial charge on any atom is 0.308 e. The predicted molar refractivity (Wildman–Crippen MR) is 64.4 cm³/mol. The molecule has 0 aliphatic carbocycles. The lowest BCUT2D eigenvalue weighted by molar-refractivity contribution is -0.136. The number of benzene rings is 1. The molecule has 2 rings (SSSR count). The number of carbonyl (C=O) groups is 1. The Bertz CT molecular complexity index is 578. The van der Waals surface area contributed by atoms with E-state index in [1.165, 1.54) is 7.11 Å². The van der Waals surface area contributed by atoms with Crippen LogP contribution < -0.4 is 4.74 Å². The van der Waals surface area contributed by atoms with E-state index in [4.69, 9.17) is 9.84 Å². The minimum absolute atomic E-state index is 0.0833. The number of carboxylic acid groups (broad SMARTS) is 1. The van der Waals surface area contributed by atoms with Gasteiger partial charge in [0.1, 0.15) is 0 Å². The van der Waals surface area contributed by atoms with Gasteiger partial charge in [-0.15, -0.1) is 0 Å². The van der Waals surface area contributed by atoms with E-state index in [1.54, 1.807) is 0 Å². The van der Waals surface area contributed by atoms with Crippen molar-refractivity contribution >= 4 is 16.9 Å². The van der Waals surface area contributed by atoms with E-state index in [0.29, 0.717) is 11.4 Å². The van der Waals surface area contributed by atoms with Gasteiger partial charge in [0, 0.05) is 10.9 Å². The molecule has 0 amide bonds. The Morgan fingerprint density at radius 3 is 2.82 bits per heavy atom. The van der Waals surface area contributed by atoms with Gasteiger partial charge < -0.3 is 9.84 Å². The number of aromatic nitrogens is 1. The Balaban J connectivity index is 2.60. The summed E-state index contributed by atoms with van der Waals surface area (Å²) in [6, 6.07) is 7.67. The number of pyridine rings is 1. The first-order valence-corrected chi connectivity index (χ1v) is 5.26. The molecule has 0 unspecified atom stereocenters. The van der Waals surface area contributed by atoms with Gasteiger partial charge in [0.15, 0.2) is 0 Å². The summed E-state index contributed by atoms with van der Waals surface area (Å²) in [7, 11) is 1.49. The average molecular weight is 231 g/mol. The summed E-state index contributed by atoms with van der Waals surface area (Å²) in [5.74, 6) is -0.513. The quantitative estimate of drug-likeness (QED) is 0.879. The van der Waals surface area contributed by atoms with Crippen molar-refractivity contribution in [1.29, 1.82) is 0 Å². The van der Waals surface area contributed by atoms with Crippen LogP contribution in [0, 0.1) is 6.92 Å². The van der Waals surface area contributed by atoms with E-state index in [-0.39, 0.29) is 6.42 Å². The van der Waals surface area contributed by atoms with E-state index in [9.17, 15) is 4.79 Å². The lowest BCUT2D eigenvalue weighted by atomic mass is 10.1. The number of methoxy groups -OCH3 is 1. The van der Waals surface area contributed by atoms with Crippen LogP contribution in [-0.2, 0) is 11.2 Å². The number of fused-ring (bicyclic) bond motifs is 1. The SMILES string of the molecule is COc1nc2ccc(C)cc2cc1CC(=O)O. The number of aliphatic carboxylic acids is 1. The van der Waals surface area contributed by atoms with Gasteiger partial charge in [0.05, 0.1) is 19.0 Å². The zero-order chi connectivity index (χ0) is 12.4. The molecule has 4 nitrogen and oxygen atoms in total. The molecule has 1 aromatic heterocycles. The third-order valence-electron chi connectivity index (χ3n) is 2.54. The van der Waals surface area contributed by atoms with Gasteiger partial charge in [0.2, 0.25) is 5.88 Å². The molecule has 0 radical (unpaired) electrons. The van der Waals surface area contributed by atoms with Crippen LogP contribution in [0.2, 0.25) is 0 Å². The van der Waals surface area contributed by atoms with Crippen LogP contribution in [0.25, 0.3) is 10.9 Å². The van der Waals surface area contributed by atoms with Crippen molar-refractivity contribution in [2.75, 3.05) is 7.11 Å². The molecule has 0 saturated heterocycles. The number of ether oxygens (including phenoxy) is 1. The summed E-state index contributed by atoms with van der Waals surface area (Å²) < 4.78 is 5.11. The third-order valence-corrected chi connectivity index (χ3v) is 2.54. The molecule has 2 aromatic rings. The summed E-state index contributed by atoms with van der Waals surface area (Å²) in [6.45, 7) is 1.99. The minimum Gasteiger partial charge on any atom is -0.481 e. The van der Waals surface area contributed by atoms with Gasteiger partial charge in [-0.25, -0.2) is 4.98 Å². The predicted octanol–water partition coefficient (Wildman–Crippen LogP) is 2.18. The highest BCUT2D eigenvalue weighted by atomic mass is 16.5. The zero-order valence-electron chi connectivity index (χ0n) is 9.73. The van der Waals surface area contributed by atoms with Gasteiger partial charge in [-0.1, -0.05) is 11.6 Å². The highest BCUT2D eigenvalue weighted by molar-refractivity contribution is 5.82. The van der Waals surface area contributed by atoms with Crippen LogP contribution in [0.15, 0.2) is 24.3 Å². The number of hydrogen-bond acceptors (Lipinski definition) is 3. The van der Waals surface area contributed by atoms with Crippen LogP contribution in [0.3, 0.4) is 0 Å². The Hall–Kier alpha value is -2.10. The second kappa shape index (κ2) is 4.41. The summed E-state index contributed by atoms with van der Waals surface area (Å²) in [5, 5.41) is 9.76. The lowest BCUT2D eigenvalue weighted by Crippen LogP contribution is -2.04. The zero-order valence-corrected chi connectivity index (χ0v) is 9.73. The monoisotopic (exact) mass is 231 g/mol.